The van der Waals surface area contributed by atoms with Gasteiger partial charge in [-0.15, -0.1) is 0 Å². The minimum atomic E-state index is 0.621. The Morgan fingerprint density at radius 2 is 0.673 bits per heavy atom. The Balaban J connectivity index is 1.03. The summed E-state index contributed by atoms with van der Waals surface area (Å²) in [6, 6.07) is 63.7. The lowest BCUT2D eigenvalue weighted by Gasteiger charge is -2.11. The topological polar surface area (TPSA) is 77.6 Å². The van der Waals surface area contributed by atoms with Gasteiger partial charge in [0.2, 0.25) is 0 Å². The first-order valence-electron chi connectivity index (χ1n) is 18.2. The normalized spacial score (nSPS) is 11.3. The van der Waals surface area contributed by atoms with E-state index in [0.717, 1.165) is 72.3 Å². The van der Waals surface area contributed by atoms with E-state index >= 15 is 0 Å². The van der Waals surface area contributed by atoms with Crippen LogP contribution < -0.4 is 0 Å². The molecule has 0 bridgehead atoms. The molecule has 10 rings (SSSR count). The van der Waals surface area contributed by atoms with Crippen LogP contribution in [0.3, 0.4) is 0 Å². The van der Waals surface area contributed by atoms with E-state index in [1.54, 1.807) is 0 Å². The summed E-state index contributed by atoms with van der Waals surface area (Å²) >= 11 is 0. The number of hydrogen-bond acceptors (Lipinski definition) is 6. The van der Waals surface area contributed by atoms with Crippen molar-refractivity contribution in [2.45, 2.75) is 0 Å². The van der Waals surface area contributed by atoms with Gasteiger partial charge in [0, 0.05) is 33.2 Å². The first-order valence-corrected chi connectivity index (χ1v) is 18.2. The number of nitrogens with zero attached hydrogens (tertiary/aromatic N) is 5. The van der Waals surface area contributed by atoms with Crippen LogP contribution in [0.4, 0.5) is 0 Å². The lowest BCUT2D eigenvalue weighted by Crippen LogP contribution is -2.00. The molecule has 55 heavy (non-hydrogen) atoms. The lowest BCUT2D eigenvalue weighted by molar-refractivity contribution is 0.667. The van der Waals surface area contributed by atoms with Gasteiger partial charge in [0.05, 0.1) is 0 Å². The van der Waals surface area contributed by atoms with Gasteiger partial charge in [-0.2, -0.15) is 0 Å². The third-order valence-electron chi connectivity index (χ3n) is 9.74. The number of hydrogen-bond donors (Lipinski definition) is 0. The molecule has 0 aliphatic carbocycles. The van der Waals surface area contributed by atoms with Crippen molar-refractivity contribution in [1.29, 1.82) is 0 Å². The van der Waals surface area contributed by atoms with Crippen LogP contribution in [0.15, 0.2) is 192 Å². The van der Waals surface area contributed by atoms with Gasteiger partial charge in [-0.05, 0) is 52.6 Å². The monoisotopic (exact) mass is 705 g/mol. The van der Waals surface area contributed by atoms with Crippen LogP contribution in [-0.2, 0) is 0 Å². The molecule has 0 aliphatic rings. The zero-order valence-corrected chi connectivity index (χ0v) is 29.5. The van der Waals surface area contributed by atoms with Crippen LogP contribution >= 0.6 is 0 Å². The van der Waals surface area contributed by atoms with Crippen LogP contribution in [0.1, 0.15) is 0 Å². The van der Waals surface area contributed by atoms with Crippen molar-refractivity contribution in [2.75, 3.05) is 0 Å². The largest absolute Gasteiger partial charge is 0.452 e. The Morgan fingerprint density at radius 3 is 1.20 bits per heavy atom. The number of rotatable bonds is 7. The molecule has 0 aliphatic heterocycles. The third kappa shape index (κ3) is 6.22. The highest BCUT2D eigenvalue weighted by atomic mass is 16.3. The van der Waals surface area contributed by atoms with Crippen molar-refractivity contribution in [3.05, 3.63) is 188 Å². The van der Waals surface area contributed by atoms with Gasteiger partial charge in [-0.25, -0.2) is 24.9 Å². The number of fused-ring (bicyclic) bond motifs is 3. The van der Waals surface area contributed by atoms with Crippen molar-refractivity contribution in [3.8, 4) is 79.1 Å². The minimum absolute atomic E-state index is 0.621. The van der Waals surface area contributed by atoms with E-state index in [4.69, 9.17) is 29.3 Å². The van der Waals surface area contributed by atoms with E-state index in [1.807, 2.05) is 97.1 Å². The van der Waals surface area contributed by atoms with Gasteiger partial charge in [0.1, 0.15) is 16.8 Å². The number of furan rings is 1. The average Bonchev–Trinajstić information content (AvgIpc) is 3.66. The number of aromatic nitrogens is 5. The predicted octanol–water partition coefficient (Wildman–Crippen LogP) is 12.2. The van der Waals surface area contributed by atoms with E-state index in [2.05, 4.69) is 91.0 Å². The van der Waals surface area contributed by atoms with E-state index in [0.29, 0.717) is 28.9 Å². The van der Waals surface area contributed by atoms with Crippen LogP contribution in [0.2, 0.25) is 0 Å². The summed E-state index contributed by atoms with van der Waals surface area (Å²) in [6.45, 7) is 0. The first-order chi connectivity index (χ1) is 27.2. The first kappa shape index (κ1) is 32.1. The van der Waals surface area contributed by atoms with E-state index in [1.165, 1.54) is 0 Å². The van der Waals surface area contributed by atoms with Gasteiger partial charge >= 0.3 is 0 Å². The summed E-state index contributed by atoms with van der Waals surface area (Å²) in [5.74, 6) is 2.54. The Kier molecular flexibility index (Phi) is 8.04. The van der Waals surface area contributed by atoms with Crippen LogP contribution in [-0.4, -0.2) is 24.9 Å². The van der Waals surface area contributed by atoms with Crippen molar-refractivity contribution < 1.29 is 4.42 Å². The Hall–Kier alpha value is -7.57. The number of para-hydroxylation sites is 1. The molecule has 0 fully saturated rings. The molecule has 0 N–H and O–H groups in total. The fraction of sp³-hybridized carbons (Fsp3) is 0. The lowest BCUT2D eigenvalue weighted by atomic mass is 9.97. The SMILES string of the molecule is c1ccc(-c2nc(-c3ccccc3)nc(-c3cccc(-c4cccc(-c5cccc(-c6nc(-c7ccccc7)c7oc8ccccc8c7n6)c5)c4)c3)n2)cc1. The molecule has 3 aromatic heterocycles. The summed E-state index contributed by atoms with van der Waals surface area (Å²) < 4.78 is 6.33. The van der Waals surface area contributed by atoms with Crippen molar-refractivity contribution >= 4 is 22.1 Å². The second-order valence-electron chi connectivity index (χ2n) is 13.3. The molecular weight excluding hydrogens is 675 g/mol. The zero-order chi connectivity index (χ0) is 36.6. The molecule has 3 heterocycles. The van der Waals surface area contributed by atoms with Gasteiger partial charge in [-0.1, -0.05) is 158 Å². The molecule has 0 saturated carbocycles. The molecule has 0 atom stereocenters. The molecule has 258 valence electrons. The van der Waals surface area contributed by atoms with E-state index in [9.17, 15) is 0 Å². The highest BCUT2D eigenvalue weighted by Crippen LogP contribution is 2.37. The molecule has 0 radical (unpaired) electrons. The van der Waals surface area contributed by atoms with E-state index in [-0.39, 0.29) is 0 Å². The van der Waals surface area contributed by atoms with Crippen LogP contribution in [0, 0.1) is 0 Å². The average molecular weight is 706 g/mol. The number of benzene rings is 7. The van der Waals surface area contributed by atoms with Gasteiger partial charge < -0.3 is 4.42 Å². The molecule has 7 aromatic carbocycles. The highest BCUT2D eigenvalue weighted by Gasteiger charge is 2.18. The second-order valence-corrected chi connectivity index (χ2v) is 13.3. The molecule has 10 aromatic rings. The molecule has 0 amide bonds. The van der Waals surface area contributed by atoms with Crippen molar-refractivity contribution in [2.24, 2.45) is 0 Å². The summed E-state index contributed by atoms with van der Waals surface area (Å²) in [6.07, 6.45) is 0. The Bertz CT molecular complexity index is 2920. The zero-order valence-electron chi connectivity index (χ0n) is 29.5. The fourth-order valence-electron chi connectivity index (χ4n) is 7.00. The molecule has 6 nitrogen and oxygen atoms in total. The highest BCUT2D eigenvalue weighted by molar-refractivity contribution is 6.07. The maximum absolute atomic E-state index is 6.33. The van der Waals surface area contributed by atoms with E-state index < -0.39 is 0 Å². The summed E-state index contributed by atoms with van der Waals surface area (Å²) in [5, 5.41) is 0.967. The van der Waals surface area contributed by atoms with Gasteiger partial charge in [0.25, 0.3) is 0 Å². The summed E-state index contributed by atoms with van der Waals surface area (Å²) in [7, 11) is 0. The van der Waals surface area contributed by atoms with Crippen LogP contribution in [0.25, 0.3) is 101 Å². The van der Waals surface area contributed by atoms with Crippen molar-refractivity contribution in [3.63, 3.8) is 0 Å². The fourth-order valence-corrected chi connectivity index (χ4v) is 7.00. The van der Waals surface area contributed by atoms with Gasteiger partial charge in [0.15, 0.2) is 28.9 Å². The molecule has 0 saturated heterocycles. The molecule has 6 heteroatoms. The van der Waals surface area contributed by atoms with Crippen LogP contribution in [0.5, 0.6) is 0 Å². The summed E-state index contributed by atoms with van der Waals surface area (Å²) in [5.41, 5.74) is 12.0. The standard InChI is InChI=1S/C49H31N5O/c1-4-15-32(16-5-1)43-45-44(41-27-10-11-28-42(41)55-45)51-48(50-43)39-25-13-23-37(30-39)35-21-12-22-36(29-35)38-24-14-26-40(31-38)49-53-46(33-17-6-2-7-18-33)52-47(54-49)34-19-8-3-9-20-34/h1-31H. The van der Waals surface area contributed by atoms with Crippen molar-refractivity contribution in [1.82, 2.24) is 24.9 Å². The quantitative estimate of drug-likeness (QED) is 0.164. The maximum Gasteiger partial charge on any atom is 0.180 e. The summed E-state index contributed by atoms with van der Waals surface area (Å²) in [4.78, 5) is 25.0. The predicted molar refractivity (Wildman–Crippen MR) is 221 cm³/mol. The molecule has 0 unspecified atom stereocenters. The Morgan fingerprint density at radius 1 is 0.291 bits per heavy atom. The second kappa shape index (κ2) is 13.8. The Labute approximate surface area is 317 Å². The molecular formula is C49H31N5O. The minimum Gasteiger partial charge on any atom is -0.452 e. The molecule has 0 spiro atoms. The van der Waals surface area contributed by atoms with Gasteiger partial charge in [-0.3, -0.25) is 0 Å². The third-order valence-corrected chi connectivity index (χ3v) is 9.74. The maximum atomic E-state index is 6.33. The smallest absolute Gasteiger partial charge is 0.180 e.